The molecule has 6 nitrogen and oxygen atoms in total. The van der Waals surface area contributed by atoms with E-state index >= 15 is 0 Å². The van der Waals surface area contributed by atoms with E-state index in [1.807, 2.05) is 20.8 Å². The van der Waals surface area contributed by atoms with E-state index in [0.29, 0.717) is 11.3 Å². The first-order valence-electron chi connectivity index (χ1n) is 9.71. The lowest BCUT2D eigenvalue weighted by Gasteiger charge is -2.21. The van der Waals surface area contributed by atoms with Crippen LogP contribution >= 0.6 is 0 Å². The molecule has 0 bridgehead atoms. The number of pyridine rings is 2. The summed E-state index contributed by atoms with van der Waals surface area (Å²) >= 11 is 0. The van der Waals surface area contributed by atoms with E-state index in [1.54, 1.807) is 31.2 Å². The highest BCUT2D eigenvalue weighted by Crippen LogP contribution is 2.33. The van der Waals surface area contributed by atoms with Crippen molar-refractivity contribution in [1.29, 1.82) is 0 Å². The second kappa shape index (κ2) is 8.49. The van der Waals surface area contributed by atoms with Gasteiger partial charge in [0.15, 0.2) is 0 Å². The van der Waals surface area contributed by atoms with Crippen LogP contribution in [0.5, 0.6) is 11.5 Å². The third-order valence-electron chi connectivity index (χ3n) is 4.80. The van der Waals surface area contributed by atoms with Gasteiger partial charge in [0.2, 0.25) is 0 Å². The molecule has 0 fully saturated rings. The quantitative estimate of drug-likeness (QED) is 0.560. The number of alkyl halides is 3. The summed E-state index contributed by atoms with van der Waals surface area (Å²) in [6, 6.07) is 8.52. The summed E-state index contributed by atoms with van der Waals surface area (Å²) in [6.45, 7) is 7.50. The van der Waals surface area contributed by atoms with Crippen molar-refractivity contribution in [2.75, 3.05) is 5.32 Å². The van der Waals surface area contributed by atoms with Crippen molar-refractivity contribution in [3.8, 4) is 11.5 Å². The Bertz CT molecular complexity index is 1190. The molecule has 0 spiro atoms. The lowest BCUT2D eigenvalue weighted by atomic mass is 9.86. The minimum absolute atomic E-state index is 0.0467. The van der Waals surface area contributed by atoms with Crippen molar-refractivity contribution in [1.82, 2.24) is 9.97 Å². The first-order chi connectivity index (χ1) is 14.9. The molecule has 0 atom stereocenters. The van der Waals surface area contributed by atoms with Crippen LogP contribution in [0, 0.1) is 6.92 Å². The van der Waals surface area contributed by atoms with Crippen LogP contribution in [-0.4, -0.2) is 15.9 Å². The normalized spacial score (nSPS) is 11.8. The summed E-state index contributed by atoms with van der Waals surface area (Å²) in [6.07, 6.45) is -2.20. The first kappa shape index (κ1) is 23.1. The van der Waals surface area contributed by atoms with Crippen molar-refractivity contribution >= 4 is 11.6 Å². The van der Waals surface area contributed by atoms with Crippen LogP contribution in [0.3, 0.4) is 0 Å². The third kappa shape index (κ3) is 5.16. The number of carbonyl (C=O) groups is 1. The Morgan fingerprint density at radius 2 is 1.81 bits per heavy atom. The van der Waals surface area contributed by atoms with Crippen molar-refractivity contribution < 1.29 is 22.7 Å². The molecule has 0 aliphatic carbocycles. The zero-order chi connectivity index (χ0) is 23.7. The molecular formula is C23H22F3N3O3. The minimum Gasteiger partial charge on any atom is -0.455 e. The number of halogens is 3. The molecule has 0 radical (unpaired) electrons. The van der Waals surface area contributed by atoms with Crippen LogP contribution in [0.25, 0.3) is 0 Å². The molecule has 2 aromatic heterocycles. The van der Waals surface area contributed by atoms with E-state index in [2.05, 4.69) is 15.3 Å². The Labute approximate surface area is 182 Å². The van der Waals surface area contributed by atoms with E-state index in [0.717, 1.165) is 23.9 Å². The van der Waals surface area contributed by atoms with Crippen molar-refractivity contribution in [3.63, 3.8) is 0 Å². The predicted molar refractivity (Wildman–Crippen MR) is 114 cm³/mol. The van der Waals surface area contributed by atoms with Crippen LogP contribution in [0.15, 0.2) is 53.6 Å². The number of anilines is 1. The number of carbonyl (C=O) groups excluding carboxylic acids is 1. The lowest BCUT2D eigenvalue weighted by molar-refractivity contribution is -0.141. The SMILES string of the molecule is Cc1c(NC(=O)c2ccc(C(C)(C)C)cc2Oc2ccc(C(F)(F)F)nc2)cc[nH]c1=O. The third-order valence-corrected chi connectivity index (χ3v) is 4.80. The van der Waals surface area contributed by atoms with Gasteiger partial charge in [-0.3, -0.25) is 9.59 Å². The maximum Gasteiger partial charge on any atom is 0.433 e. The smallest absolute Gasteiger partial charge is 0.433 e. The van der Waals surface area contributed by atoms with Gasteiger partial charge in [0.1, 0.15) is 17.2 Å². The Kier molecular flexibility index (Phi) is 6.11. The predicted octanol–water partition coefficient (Wildman–Crippen LogP) is 5.44. The van der Waals surface area contributed by atoms with Gasteiger partial charge in [0.25, 0.3) is 11.5 Å². The van der Waals surface area contributed by atoms with E-state index in [-0.39, 0.29) is 28.0 Å². The summed E-state index contributed by atoms with van der Waals surface area (Å²) in [4.78, 5) is 30.7. The topological polar surface area (TPSA) is 84.1 Å². The second-order valence-electron chi connectivity index (χ2n) is 8.24. The molecule has 1 aromatic carbocycles. The molecule has 168 valence electrons. The number of benzene rings is 1. The Morgan fingerprint density at radius 3 is 2.41 bits per heavy atom. The van der Waals surface area contributed by atoms with E-state index < -0.39 is 17.8 Å². The molecule has 1 amide bonds. The number of hydrogen-bond acceptors (Lipinski definition) is 4. The fraction of sp³-hybridized carbons (Fsp3) is 0.261. The largest absolute Gasteiger partial charge is 0.455 e. The zero-order valence-corrected chi connectivity index (χ0v) is 17.9. The molecule has 9 heteroatoms. The number of rotatable bonds is 4. The fourth-order valence-electron chi connectivity index (χ4n) is 2.88. The first-order valence-corrected chi connectivity index (χ1v) is 9.71. The molecule has 2 heterocycles. The highest BCUT2D eigenvalue weighted by Gasteiger charge is 2.32. The van der Waals surface area contributed by atoms with Gasteiger partial charge in [0.05, 0.1) is 17.4 Å². The minimum atomic E-state index is -4.57. The van der Waals surface area contributed by atoms with Crippen LogP contribution in [-0.2, 0) is 11.6 Å². The van der Waals surface area contributed by atoms with Gasteiger partial charge in [-0.05, 0) is 48.2 Å². The summed E-state index contributed by atoms with van der Waals surface area (Å²) in [7, 11) is 0. The monoisotopic (exact) mass is 445 g/mol. The van der Waals surface area contributed by atoms with Crippen LogP contribution in [0.2, 0.25) is 0 Å². The standard InChI is InChI=1S/C23H22F3N3O3/c1-13-17(9-10-27-20(13)30)29-21(31)16-7-5-14(22(2,3)4)11-18(16)32-15-6-8-19(28-12-15)23(24,25)26/h5-12H,1-4H3,(H2,27,29,30,31). The zero-order valence-electron chi connectivity index (χ0n) is 17.9. The molecule has 3 aromatic rings. The lowest BCUT2D eigenvalue weighted by Crippen LogP contribution is -2.19. The van der Waals surface area contributed by atoms with Crippen molar-refractivity contribution in [2.45, 2.75) is 39.3 Å². The molecule has 2 N–H and O–H groups in total. The number of amides is 1. The Morgan fingerprint density at radius 1 is 1.09 bits per heavy atom. The van der Waals surface area contributed by atoms with Crippen LogP contribution in [0.4, 0.5) is 18.9 Å². The number of nitrogens with zero attached hydrogens (tertiary/aromatic N) is 1. The summed E-state index contributed by atoms with van der Waals surface area (Å²) in [5.74, 6) is -0.335. The highest BCUT2D eigenvalue weighted by molar-refractivity contribution is 6.06. The van der Waals surface area contributed by atoms with Crippen molar-refractivity contribution in [3.05, 3.63) is 81.5 Å². The number of aromatic nitrogens is 2. The van der Waals surface area contributed by atoms with Gasteiger partial charge in [0, 0.05) is 11.8 Å². The van der Waals surface area contributed by atoms with Crippen LogP contribution in [0.1, 0.15) is 48.0 Å². The average molecular weight is 445 g/mol. The summed E-state index contributed by atoms with van der Waals surface area (Å²) in [5, 5.41) is 2.68. The van der Waals surface area contributed by atoms with Gasteiger partial charge in [-0.15, -0.1) is 0 Å². The van der Waals surface area contributed by atoms with E-state index in [1.165, 1.54) is 6.20 Å². The van der Waals surface area contributed by atoms with E-state index in [4.69, 9.17) is 4.74 Å². The number of ether oxygens (including phenoxy) is 1. The summed E-state index contributed by atoms with van der Waals surface area (Å²) < 4.78 is 44.1. The number of H-pyrrole nitrogens is 1. The molecule has 0 aliphatic heterocycles. The molecule has 32 heavy (non-hydrogen) atoms. The van der Waals surface area contributed by atoms with Gasteiger partial charge in [-0.1, -0.05) is 26.8 Å². The molecule has 3 rings (SSSR count). The average Bonchev–Trinajstić information content (AvgIpc) is 2.70. The van der Waals surface area contributed by atoms with Gasteiger partial charge in [-0.25, -0.2) is 4.98 Å². The Hall–Kier alpha value is -3.62. The number of aromatic amines is 1. The van der Waals surface area contributed by atoms with E-state index in [9.17, 15) is 22.8 Å². The van der Waals surface area contributed by atoms with Crippen molar-refractivity contribution in [2.24, 2.45) is 0 Å². The number of hydrogen-bond donors (Lipinski definition) is 2. The van der Waals surface area contributed by atoms with Gasteiger partial charge < -0.3 is 15.0 Å². The molecular weight excluding hydrogens is 423 g/mol. The molecule has 0 saturated carbocycles. The molecule has 0 saturated heterocycles. The highest BCUT2D eigenvalue weighted by atomic mass is 19.4. The van der Waals surface area contributed by atoms with Crippen LogP contribution < -0.4 is 15.6 Å². The van der Waals surface area contributed by atoms with Gasteiger partial charge >= 0.3 is 6.18 Å². The maximum absolute atomic E-state index is 13.0. The fourth-order valence-corrected chi connectivity index (χ4v) is 2.88. The maximum atomic E-state index is 13.0. The molecule has 0 unspecified atom stereocenters. The second-order valence-corrected chi connectivity index (χ2v) is 8.24. The number of nitrogens with one attached hydrogen (secondary N) is 2. The Balaban J connectivity index is 1.98. The molecule has 0 aliphatic rings. The summed E-state index contributed by atoms with van der Waals surface area (Å²) in [5.41, 5.74) is 0.0277. The van der Waals surface area contributed by atoms with Gasteiger partial charge in [-0.2, -0.15) is 13.2 Å².